The van der Waals surface area contributed by atoms with Crippen molar-refractivity contribution in [1.29, 1.82) is 0 Å². The van der Waals surface area contributed by atoms with E-state index in [0.717, 1.165) is 10.2 Å². The van der Waals surface area contributed by atoms with Crippen LogP contribution in [0.5, 0.6) is 0 Å². The zero-order valence-corrected chi connectivity index (χ0v) is 7.64. The molecule has 0 aromatic rings. The Morgan fingerprint density at radius 2 is 2.18 bits per heavy atom. The highest BCUT2D eigenvalue weighted by Crippen LogP contribution is 2.32. The van der Waals surface area contributed by atoms with Gasteiger partial charge in [0.15, 0.2) is 0 Å². The maximum atomic E-state index is 3.99. The highest BCUT2D eigenvalue weighted by Gasteiger charge is 2.08. The van der Waals surface area contributed by atoms with E-state index in [1.807, 2.05) is 19.2 Å². The van der Waals surface area contributed by atoms with Crippen molar-refractivity contribution in [2.24, 2.45) is 0 Å². The van der Waals surface area contributed by atoms with Crippen LogP contribution in [0.3, 0.4) is 0 Å². The molecule has 0 saturated carbocycles. The van der Waals surface area contributed by atoms with Crippen LogP contribution >= 0.6 is 15.9 Å². The quantitative estimate of drug-likeness (QED) is 0.712. The summed E-state index contributed by atoms with van der Waals surface area (Å²) in [5, 5.41) is 6.91. The van der Waals surface area contributed by atoms with Crippen molar-refractivity contribution in [2.45, 2.75) is 6.92 Å². The fraction of sp³-hybridized carbons (Fsp3) is 0.125. The molecule has 1 heterocycles. The summed E-state index contributed by atoms with van der Waals surface area (Å²) in [6, 6.07) is 4.11. The first kappa shape index (κ1) is 6.85. The maximum Gasteiger partial charge on any atom is 0.0562 e. The molecule has 3 heteroatoms. The SMILES string of the molecule is Cc1[nH]ncc2c(Br)ccc1-2. The van der Waals surface area contributed by atoms with Crippen LogP contribution in [0.4, 0.5) is 0 Å². The molecule has 0 radical (unpaired) electrons. The standard InChI is InChI=1S/C8H7BrN2/c1-5-6-2-3-8(9)7(6)4-10-11-5/h2-4,11H,1H3. The minimum atomic E-state index is 1.10. The molecule has 0 aromatic heterocycles. The van der Waals surface area contributed by atoms with Crippen LogP contribution in [0.15, 0.2) is 22.8 Å². The van der Waals surface area contributed by atoms with Gasteiger partial charge in [-0.2, -0.15) is 5.10 Å². The second-order valence-corrected chi connectivity index (χ2v) is 3.36. The number of fused-ring (bicyclic) bond motifs is 1. The van der Waals surface area contributed by atoms with Crippen molar-refractivity contribution in [1.82, 2.24) is 10.2 Å². The van der Waals surface area contributed by atoms with Gasteiger partial charge < -0.3 is 0 Å². The van der Waals surface area contributed by atoms with Crippen molar-refractivity contribution < 1.29 is 0 Å². The lowest BCUT2D eigenvalue weighted by Crippen LogP contribution is -1.88. The molecule has 0 atom stereocenters. The Hall–Kier alpha value is -0.830. The normalized spacial score (nSPS) is 10.7. The average Bonchev–Trinajstić information content (AvgIpc) is 2.35. The Morgan fingerprint density at radius 3 is 2.91 bits per heavy atom. The molecule has 0 saturated heterocycles. The highest BCUT2D eigenvalue weighted by atomic mass is 79.9. The second kappa shape index (κ2) is 2.34. The number of aryl methyl sites for hydroxylation is 1. The van der Waals surface area contributed by atoms with Crippen molar-refractivity contribution >= 4 is 15.9 Å². The van der Waals surface area contributed by atoms with E-state index in [-0.39, 0.29) is 0 Å². The molecule has 0 unspecified atom stereocenters. The second-order valence-electron chi connectivity index (χ2n) is 2.50. The molecular formula is C8H7BrN2. The molecule has 11 heavy (non-hydrogen) atoms. The molecular weight excluding hydrogens is 204 g/mol. The molecule has 1 aliphatic heterocycles. The molecule has 2 nitrogen and oxygen atoms in total. The monoisotopic (exact) mass is 210 g/mol. The fourth-order valence-electron chi connectivity index (χ4n) is 1.18. The van der Waals surface area contributed by atoms with E-state index < -0.39 is 0 Å². The van der Waals surface area contributed by atoms with Gasteiger partial charge in [0, 0.05) is 21.3 Å². The predicted octanol–water partition coefficient (Wildman–Crippen LogP) is 2.59. The van der Waals surface area contributed by atoms with Gasteiger partial charge in [-0.3, -0.25) is 5.10 Å². The number of aromatic nitrogens is 2. The third-order valence-corrected chi connectivity index (χ3v) is 2.47. The molecule has 0 aromatic carbocycles. The van der Waals surface area contributed by atoms with E-state index in [1.165, 1.54) is 11.1 Å². The van der Waals surface area contributed by atoms with Gasteiger partial charge in [0.25, 0.3) is 0 Å². The van der Waals surface area contributed by atoms with Crippen molar-refractivity contribution in [2.75, 3.05) is 0 Å². The zero-order chi connectivity index (χ0) is 7.84. The van der Waals surface area contributed by atoms with Gasteiger partial charge in [0.2, 0.25) is 0 Å². The van der Waals surface area contributed by atoms with Crippen LogP contribution < -0.4 is 0 Å². The van der Waals surface area contributed by atoms with E-state index >= 15 is 0 Å². The van der Waals surface area contributed by atoms with Gasteiger partial charge in [0.05, 0.1) is 6.20 Å². The molecule has 0 amide bonds. The Morgan fingerprint density at radius 1 is 1.36 bits per heavy atom. The van der Waals surface area contributed by atoms with E-state index in [1.54, 1.807) is 0 Å². The summed E-state index contributed by atoms with van der Waals surface area (Å²) < 4.78 is 1.11. The van der Waals surface area contributed by atoms with Crippen molar-refractivity contribution in [3.05, 3.63) is 28.5 Å². The lowest BCUT2D eigenvalue weighted by Gasteiger charge is -2.01. The zero-order valence-electron chi connectivity index (χ0n) is 6.06. The largest absolute Gasteiger partial charge is 0.282 e. The number of rotatable bonds is 0. The number of hydrogen-bond donors (Lipinski definition) is 1. The molecule has 0 bridgehead atoms. The molecule has 2 aliphatic rings. The number of halogens is 1. The van der Waals surface area contributed by atoms with Gasteiger partial charge >= 0.3 is 0 Å². The Kier molecular flexibility index (Phi) is 1.46. The predicted molar refractivity (Wildman–Crippen MR) is 47.6 cm³/mol. The number of nitrogens with one attached hydrogen (secondary N) is 1. The van der Waals surface area contributed by atoms with Crippen LogP contribution in [0, 0.1) is 6.92 Å². The Balaban J connectivity index is 2.79. The average molecular weight is 211 g/mol. The topological polar surface area (TPSA) is 28.7 Å². The summed E-state index contributed by atoms with van der Waals surface area (Å²) in [6.07, 6.45) is 1.83. The lowest BCUT2D eigenvalue weighted by atomic mass is 10.1. The van der Waals surface area contributed by atoms with Crippen LogP contribution in [0.1, 0.15) is 5.69 Å². The van der Waals surface area contributed by atoms with Crippen LogP contribution in [-0.4, -0.2) is 10.2 Å². The molecule has 56 valence electrons. The summed E-state index contributed by atoms with van der Waals surface area (Å²) in [5.74, 6) is 0. The number of H-pyrrole nitrogens is 1. The van der Waals surface area contributed by atoms with Gasteiger partial charge in [-0.15, -0.1) is 0 Å². The molecule has 1 aliphatic carbocycles. The van der Waals surface area contributed by atoms with Gasteiger partial charge in [-0.1, -0.05) is 22.0 Å². The third-order valence-electron chi connectivity index (χ3n) is 1.77. The summed E-state index contributed by atoms with van der Waals surface area (Å²) in [4.78, 5) is 0. The fourth-order valence-corrected chi connectivity index (χ4v) is 1.62. The molecule has 2 rings (SSSR count). The summed E-state index contributed by atoms with van der Waals surface area (Å²) in [7, 11) is 0. The smallest absolute Gasteiger partial charge is 0.0562 e. The molecule has 1 N–H and O–H groups in total. The molecule has 0 fully saturated rings. The van der Waals surface area contributed by atoms with Gasteiger partial charge in [-0.05, 0) is 13.0 Å². The Bertz CT molecular complexity index is 353. The number of aromatic amines is 1. The van der Waals surface area contributed by atoms with Crippen LogP contribution in [0.25, 0.3) is 11.1 Å². The summed E-state index contributed by atoms with van der Waals surface area (Å²) in [6.45, 7) is 2.02. The van der Waals surface area contributed by atoms with Gasteiger partial charge in [0.1, 0.15) is 0 Å². The minimum absolute atomic E-state index is 1.10. The van der Waals surface area contributed by atoms with Gasteiger partial charge in [-0.25, -0.2) is 0 Å². The summed E-state index contributed by atoms with van der Waals surface area (Å²) in [5.41, 5.74) is 3.50. The highest BCUT2D eigenvalue weighted by molar-refractivity contribution is 9.10. The minimum Gasteiger partial charge on any atom is -0.282 e. The van der Waals surface area contributed by atoms with Crippen LogP contribution in [0.2, 0.25) is 0 Å². The first-order chi connectivity index (χ1) is 5.29. The third kappa shape index (κ3) is 0.959. The number of nitrogens with zero attached hydrogens (tertiary/aromatic N) is 1. The first-order valence-electron chi connectivity index (χ1n) is 3.37. The van der Waals surface area contributed by atoms with E-state index in [2.05, 4.69) is 32.2 Å². The number of hydrogen-bond acceptors (Lipinski definition) is 1. The van der Waals surface area contributed by atoms with Crippen molar-refractivity contribution in [3.8, 4) is 11.1 Å². The van der Waals surface area contributed by atoms with Crippen LogP contribution in [-0.2, 0) is 0 Å². The van der Waals surface area contributed by atoms with E-state index in [0.29, 0.717) is 0 Å². The Labute approximate surface area is 73.1 Å². The first-order valence-corrected chi connectivity index (χ1v) is 4.16. The van der Waals surface area contributed by atoms with E-state index in [9.17, 15) is 0 Å². The van der Waals surface area contributed by atoms with Crippen molar-refractivity contribution in [3.63, 3.8) is 0 Å². The maximum absolute atomic E-state index is 3.99. The summed E-state index contributed by atoms with van der Waals surface area (Å²) >= 11 is 3.45. The molecule has 0 spiro atoms. The lowest BCUT2D eigenvalue weighted by molar-refractivity contribution is 0.984. The van der Waals surface area contributed by atoms with E-state index in [4.69, 9.17) is 0 Å².